The molecule has 0 amide bonds. The molecule has 0 saturated heterocycles. The van der Waals surface area contributed by atoms with Crippen molar-refractivity contribution < 1.29 is 10.2 Å². The first-order valence-corrected chi connectivity index (χ1v) is 4.70. The summed E-state index contributed by atoms with van der Waals surface area (Å²) < 4.78 is 0.916. The predicted octanol–water partition coefficient (Wildman–Crippen LogP) is -0.612. The van der Waals surface area contributed by atoms with Gasteiger partial charge in [0.1, 0.15) is 5.75 Å². The number of rotatable bonds is 2. The highest BCUT2D eigenvalue weighted by Crippen LogP contribution is 2.13. The largest absolute Gasteiger partial charge is 0.508 e. The summed E-state index contributed by atoms with van der Waals surface area (Å²) >= 11 is 0. The summed E-state index contributed by atoms with van der Waals surface area (Å²) in [5.41, 5.74) is -0.797. The monoisotopic (exact) mass is 222 g/mol. The Morgan fingerprint density at radius 3 is 2.75 bits per heavy atom. The van der Waals surface area contributed by atoms with Gasteiger partial charge in [0.05, 0.1) is 24.1 Å². The first kappa shape index (κ1) is 10.4. The molecule has 1 aromatic heterocycles. The van der Waals surface area contributed by atoms with Gasteiger partial charge in [0, 0.05) is 6.07 Å². The van der Waals surface area contributed by atoms with Crippen molar-refractivity contribution in [3.05, 3.63) is 39.0 Å². The molecule has 6 heteroatoms. The Balaban J connectivity index is 2.84. The Labute approximate surface area is 89.4 Å². The van der Waals surface area contributed by atoms with Crippen LogP contribution in [0, 0.1) is 0 Å². The molecular weight excluding hydrogens is 212 g/mol. The molecule has 84 valence electrons. The number of hydrogen-bond donors (Lipinski definition) is 3. The van der Waals surface area contributed by atoms with Gasteiger partial charge in [-0.15, -0.1) is 0 Å². The zero-order chi connectivity index (χ0) is 11.7. The molecule has 3 N–H and O–H groups in total. The minimum atomic E-state index is -0.600. The zero-order valence-electron chi connectivity index (χ0n) is 8.30. The maximum absolute atomic E-state index is 11.8. The minimum Gasteiger partial charge on any atom is -0.508 e. The van der Waals surface area contributed by atoms with Crippen molar-refractivity contribution in [3.63, 3.8) is 0 Å². The number of nitrogens with one attached hydrogen (secondary N) is 1. The average Bonchev–Trinajstić information content (AvgIpc) is 2.23. The van der Waals surface area contributed by atoms with Crippen molar-refractivity contribution in [2.24, 2.45) is 0 Å². The maximum atomic E-state index is 11.8. The van der Waals surface area contributed by atoms with Gasteiger partial charge in [-0.2, -0.15) is 0 Å². The van der Waals surface area contributed by atoms with Crippen LogP contribution in [0.5, 0.6) is 5.75 Å². The van der Waals surface area contributed by atoms with Gasteiger partial charge in [0.15, 0.2) is 0 Å². The van der Waals surface area contributed by atoms with Gasteiger partial charge in [0.2, 0.25) is 0 Å². The smallest absolute Gasteiger partial charge is 0.328 e. The molecule has 0 aliphatic rings. The molecule has 0 bridgehead atoms. The second-order valence-corrected chi connectivity index (χ2v) is 3.34. The molecule has 1 aromatic carbocycles. The fourth-order valence-corrected chi connectivity index (χ4v) is 1.55. The Morgan fingerprint density at radius 1 is 1.31 bits per heavy atom. The van der Waals surface area contributed by atoms with Crippen LogP contribution in [-0.4, -0.2) is 26.4 Å². The number of phenolic OH excluding ortho intramolecular Hbond substituents is 1. The number of aromatic hydroxyl groups is 1. The van der Waals surface area contributed by atoms with Gasteiger partial charge < -0.3 is 15.2 Å². The van der Waals surface area contributed by atoms with Crippen molar-refractivity contribution in [2.45, 2.75) is 6.54 Å². The van der Waals surface area contributed by atoms with Gasteiger partial charge in [-0.3, -0.25) is 9.36 Å². The summed E-state index contributed by atoms with van der Waals surface area (Å²) in [6, 6.07) is 4.10. The fourth-order valence-electron chi connectivity index (χ4n) is 1.55. The minimum absolute atomic E-state index is 0.0255. The number of aliphatic hydroxyl groups is 1. The molecule has 1 heterocycles. The van der Waals surface area contributed by atoms with Crippen LogP contribution < -0.4 is 11.2 Å². The third kappa shape index (κ3) is 1.59. The highest BCUT2D eigenvalue weighted by Gasteiger charge is 2.07. The van der Waals surface area contributed by atoms with Crippen LogP contribution >= 0.6 is 0 Å². The van der Waals surface area contributed by atoms with E-state index in [1.807, 2.05) is 0 Å². The SMILES string of the molecule is O=c1[nH]c2cc(O)ccc2c(=O)n1CCO. The van der Waals surface area contributed by atoms with E-state index in [0.717, 1.165) is 4.57 Å². The van der Waals surface area contributed by atoms with E-state index in [0.29, 0.717) is 5.39 Å². The lowest BCUT2D eigenvalue weighted by Crippen LogP contribution is -2.35. The summed E-state index contributed by atoms with van der Waals surface area (Å²) in [5.74, 6) is -0.0255. The summed E-state index contributed by atoms with van der Waals surface area (Å²) in [7, 11) is 0. The van der Waals surface area contributed by atoms with Gasteiger partial charge in [-0.1, -0.05) is 0 Å². The van der Waals surface area contributed by atoms with E-state index in [-0.39, 0.29) is 24.4 Å². The summed E-state index contributed by atoms with van der Waals surface area (Å²) in [5, 5.41) is 18.2. The average molecular weight is 222 g/mol. The first-order chi connectivity index (χ1) is 7.63. The van der Waals surface area contributed by atoms with E-state index in [1.165, 1.54) is 18.2 Å². The molecule has 0 spiro atoms. The number of H-pyrrole nitrogens is 1. The Morgan fingerprint density at radius 2 is 2.06 bits per heavy atom. The standard InChI is InChI=1S/C10H10N2O4/c13-4-3-12-9(15)7-2-1-6(14)5-8(7)11-10(12)16/h1-2,5,13-14H,3-4H2,(H,11,16). The van der Waals surface area contributed by atoms with E-state index in [4.69, 9.17) is 5.11 Å². The van der Waals surface area contributed by atoms with E-state index >= 15 is 0 Å². The summed E-state index contributed by atoms with van der Waals surface area (Å²) in [4.78, 5) is 25.7. The van der Waals surface area contributed by atoms with Gasteiger partial charge in [-0.05, 0) is 12.1 Å². The van der Waals surface area contributed by atoms with Crippen LogP contribution in [0.1, 0.15) is 0 Å². The fraction of sp³-hybridized carbons (Fsp3) is 0.200. The molecule has 0 aliphatic carbocycles. The molecule has 0 radical (unpaired) electrons. The summed E-state index contributed by atoms with van der Waals surface area (Å²) in [6.07, 6.45) is 0. The van der Waals surface area contributed by atoms with Crippen molar-refractivity contribution in [1.82, 2.24) is 9.55 Å². The maximum Gasteiger partial charge on any atom is 0.328 e. The topological polar surface area (TPSA) is 95.3 Å². The van der Waals surface area contributed by atoms with Crippen LogP contribution in [0.4, 0.5) is 0 Å². The van der Waals surface area contributed by atoms with Crippen molar-refractivity contribution in [3.8, 4) is 5.75 Å². The molecular formula is C10H10N2O4. The van der Waals surface area contributed by atoms with Crippen molar-refractivity contribution >= 4 is 10.9 Å². The Hall–Kier alpha value is -2.08. The third-order valence-electron chi connectivity index (χ3n) is 2.29. The normalized spacial score (nSPS) is 10.8. The first-order valence-electron chi connectivity index (χ1n) is 4.70. The van der Waals surface area contributed by atoms with E-state index in [9.17, 15) is 14.7 Å². The van der Waals surface area contributed by atoms with Gasteiger partial charge in [0.25, 0.3) is 5.56 Å². The Kier molecular flexibility index (Phi) is 2.49. The molecule has 0 fully saturated rings. The number of benzene rings is 1. The number of fused-ring (bicyclic) bond motifs is 1. The van der Waals surface area contributed by atoms with Gasteiger partial charge in [-0.25, -0.2) is 4.79 Å². The quantitative estimate of drug-likeness (QED) is 0.631. The summed E-state index contributed by atoms with van der Waals surface area (Å²) in [6.45, 7) is -0.336. The molecule has 16 heavy (non-hydrogen) atoms. The molecule has 2 aromatic rings. The predicted molar refractivity (Wildman–Crippen MR) is 57.6 cm³/mol. The number of aliphatic hydroxyl groups excluding tert-OH is 1. The van der Waals surface area contributed by atoms with Crippen LogP contribution in [0.2, 0.25) is 0 Å². The van der Waals surface area contributed by atoms with Crippen LogP contribution in [0.15, 0.2) is 27.8 Å². The number of hydrogen-bond acceptors (Lipinski definition) is 4. The van der Waals surface area contributed by atoms with E-state index < -0.39 is 11.2 Å². The van der Waals surface area contributed by atoms with Crippen molar-refractivity contribution in [2.75, 3.05) is 6.61 Å². The lowest BCUT2D eigenvalue weighted by atomic mass is 10.2. The second kappa shape index (κ2) is 3.82. The lowest BCUT2D eigenvalue weighted by molar-refractivity contribution is 0.272. The molecule has 2 rings (SSSR count). The van der Waals surface area contributed by atoms with Crippen LogP contribution in [0.3, 0.4) is 0 Å². The molecule has 0 unspecified atom stereocenters. The highest BCUT2D eigenvalue weighted by atomic mass is 16.3. The Bertz CT molecular complexity index is 641. The number of aromatic nitrogens is 2. The van der Waals surface area contributed by atoms with E-state index in [1.54, 1.807) is 0 Å². The molecule has 0 saturated carbocycles. The lowest BCUT2D eigenvalue weighted by Gasteiger charge is -2.04. The number of phenols is 1. The van der Waals surface area contributed by atoms with Crippen molar-refractivity contribution in [1.29, 1.82) is 0 Å². The number of aromatic amines is 1. The van der Waals surface area contributed by atoms with Crippen LogP contribution in [0.25, 0.3) is 10.9 Å². The van der Waals surface area contributed by atoms with E-state index in [2.05, 4.69) is 4.98 Å². The third-order valence-corrected chi connectivity index (χ3v) is 2.29. The highest BCUT2D eigenvalue weighted by molar-refractivity contribution is 5.78. The number of nitrogens with zero attached hydrogens (tertiary/aromatic N) is 1. The molecule has 6 nitrogen and oxygen atoms in total. The van der Waals surface area contributed by atoms with Gasteiger partial charge >= 0.3 is 5.69 Å². The van der Waals surface area contributed by atoms with Crippen LogP contribution in [-0.2, 0) is 6.54 Å². The zero-order valence-corrected chi connectivity index (χ0v) is 8.30. The molecule has 0 atom stereocenters. The molecule has 0 aliphatic heterocycles. The second-order valence-electron chi connectivity index (χ2n) is 3.34.